The maximum atomic E-state index is 11.7. The van der Waals surface area contributed by atoms with Crippen molar-refractivity contribution in [3.05, 3.63) is 39.2 Å². The van der Waals surface area contributed by atoms with Crippen LogP contribution in [-0.4, -0.2) is 36.3 Å². The fourth-order valence-electron chi connectivity index (χ4n) is 3.02. The first-order chi connectivity index (χ1) is 11.0. The van der Waals surface area contributed by atoms with Crippen molar-refractivity contribution in [1.29, 1.82) is 0 Å². The van der Waals surface area contributed by atoms with Crippen LogP contribution in [-0.2, 0) is 11.3 Å². The molecule has 0 spiro atoms. The van der Waals surface area contributed by atoms with Crippen LogP contribution in [0.15, 0.2) is 27.4 Å². The molecule has 0 bridgehead atoms. The largest absolute Gasteiger partial charge is 0.506 e. The summed E-state index contributed by atoms with van der Waals surface area (Å²) in [6.45, 7) is 2.22. The van der Waals surface area contributed by atoms with Gasteiger partial charge in [-0.15, -0.1) is 0 Å². The standard InChI is InChI=1S/C17H20ClNO4/c1-19(10-12-4-2-3-5-22-12)9-11-6-17(21)23-16-8-15(20)14(18)7-13(11)16/h6-8,12,20H,2-5,9-10H2,1H3/t12-/m0/s1. The van der Waals surface area contributed by atoms with Crippen molar-refractivity contribution in [3.63, 3.8) is 0 Å². The van der Waals surface area contributed by atoms with Gasteiger partial charge in [-0.3, -0.25) is 4.90 Å². The molecule has 0 saturated carbocycles. The predicted octanol–water partition coefficient (Wildman–Crippen LogP) is 3.15. The number of ether oxygens (including phenoxy) is 1. The first-order valence-corrected chi connectivity index (χ1v) is 8.16. The molecule has 2 aromatic rings. The van der Waals surface area contributed by atoms with Crippen molar-refractivity contribution >= 4 is 22.6 Å². The van der Waals surface area contributed by atoms with Crippen molar-refractivity contribution in [1.82, 2.24) is 4.90 Å². The third kappa shape index (κ3) is 3.86. The minimum absolute atomic E-state index is 0.0940. The van der Waals surface area contributed by atoms with E-state index in [1.54, 1.807) is 6.07 Å². The van der Waals surface area contributed by atoms with Crippen molar-refractivity contribution in [3.8, 4) is 5.75 Å². The molecule has 1 fully saturated rings. The number of phenols is 1. The first kappa shape index (κ1) is 16.3. The number of hydrogen-bond acceptors (Lipinski definition) is 5. The van der Waals surface area contributed by atoms with Crippen molar-refractivity contribution < 1.29 is 14.3 Å². The summed E-state index contributed by atoms with van der Waals surface area (Å²) in [6.07, 6.45) is 3.65. The number of halogens is 1. The van der Waals surface area contributed by atoms with Crippen LogP contribution in [0.4, 0.5) is 0 Å². The van der Waals surface area contributed by atoms with Gasteiger partial charge in [-0.25, -0.2) is 4.79 Å². The average molecular weight is 338 g/mol. The highest BCUT2D eigenvalue weighted by Crippen LogP contribution is 2.30. The zero-order chi connectivity index (χ0) is 16.4. The van der Waals surface area contributed by atoms with E-state index >= 15 is 0 Å². The van der Waals surface area contributed by atoms with E-state index in [2.05, 4.69) is 4.90 Å². The Morgan fingerprint density at radius 2 is 2.17 bits per heavy atom. The Bertz CT molecular complexity index is 752. The molecule has 1 aromatic carbocycles. The number of benzene rings is 1. The van der Waals surface area contributed by atoms with Crippen LogP contribution >= 0.6 is 11.6 Å². The van der Waals surface area contributed by atoms with Crippen molar-refractivity contribution in [2.75, 3.05) is 20.2 Å². The number of phenolic OH excluding ortho intramolecular Hbond substituents is 1. The number of rotatable bonds is 4. The van der Waals surface area contributed by atoms with Crippen LogP contribution in [0.2, 0.25) is 5.02 Å². The van der Waals surface area contributed by atoms with Gasteiger partial charge in [-0.2, -0.15) is 0 Å². The molecule has 2 heterocycles. The van der Waals surface area contributed by atoms with E-state index in [1.807, 2.05) is 7.05 Å². The smallest absolute Gasteiger partial charge is 0.336 e. The summed E-state index contributed by atoms with van der Waals surface area (Å²) < 4.78 is 10.9. The summed E-state index contributed by atoms with van der Waals surface area (Å²) >= 11 is 5.99. The van der Waals surface area contributed by atoms with Crippen LogP contribution < -0.4 is 5.63 Å². The molecule has 6 heteroatoms. The highest BCUT2D eigenvalue weighted by Gasteiger charge is 2.17. The summed E-state index contributed by atoms with van der Waals surface area (Å²) in [5.74, 6) is -0.0940. The second-order valence-electron chi connectivity index (χ2n) is 6.08. The molecule has 124 valence electrons. The van der Waals surface area contributed by atoms with E-state index in [4.69, 9.17) is 20.8 Å². The predicted molar refractivity (Wildman–Crippen MR) is 89.1 cm³/mol. The van der Waals surface area contributed by atoms with E-state index in [9.17, 15) is 9.90 Å². The highest BCUT2D eigenvalue weighted by atomic mass is 35.5. The van der Waals surface area contributed by atoms with E-state index in [-0.39, 0.29) is 16.9 Å². The van der Waals surface area contributed by atoms with E-state index in [0.717, 1.165) is 36.9 Å². The van der Waals surface area contributed by atoms with Crippen molar-refractivity contribution in [2.45, 2.75) is 31.9 Å². The van der Waals surface area contributed by atoms with Crippen LogP contribution in [0.3, 0.4) is 0 Å². The Hall–Kier alpha value is -1.56. The Kier molecular flexibility index (Phi) is 4.90. The van der Waals surface area contributed by atoms with Gasteiger partial charge < -0.3 is 14.3 Å². The molecule has 1 N–H and O–H groups in total. The van der Waals surface area contributed by atoms with Crippen molar-refractivity contribution in [2.24, 2.45) is 0 Å². The Labute approximate surface area is 139 Å². The minimum Gasteiger partial charge on any atom is -0.506 e. The SMILES string of the molecule is CN(Cc1cc(=O)oc2cc(O)c(Cl)cc12)C[C@@H]1CCCCO1. The van der Waals surface area contributed by atoms with Gasteiger partial charge in [-0.1, -0.05) is 11.6 Å². The van der Waals surface area contributed by atoms with Gasteiger partial charge in [0.05, 0.1) is 11.1 Å². The summed E-state index contributed by atoms with van der Waals surface area (Å²) in [5.41, 5.74) is 0.740. The molecule has 1 saturated heterocycles. The van der Waals surface area contributed by atoms with Crippen LogP contribution in [0.25, 0.3) is 11.0 Å². The minimum atomic E-state index is -0.434. The lowest BCUT2D eigenvalue weighted by Gasteiger charge is -2.27. The number of aromatic hydroxyl groups is 1. The average Bonchev–Trinajstić information content (AvgIpc) is 2.50. The molecule has 3 rings (SSSR count). The molecule has 1 aliphatic rings. The number of likely N-dealkylation sites (N-methyl/N-ethyl adjacent to an activating group) is 1. The van der Waals surface area contributed by atoms with E-state index in [0.29, 0.717) is 12.1 Å². The Balaban J connectivity index is 1.83. The second-order valence-corrected chi connectivity index (χ2v) is 6.48. The Morgan fingerprint density at radius 3 is 2.91 bits per heavy atom. The quantitative estimate of drug-likeness (QED) is 0.868. The zero-order valence-electron chi connectivity index (χ0n) is 13.0. The van der Waals surface area contributed by atoms with Crippen LogP contribution in [0.5, 0.6) is 5.75 Å². The molecule has 1 atom stereocenters. The molecule has 0 unspecified atom stereocenters. The van der Waals surface area contributed by atoms with Gasteiger partial charge >= 0.3 is 5.63 Å². The number of fused-ring (bicyclic) bond motifs is 1. The molecule has 1 aromatic heterocycles. The number of nitrogens with zero attached hydrogens (tertiary/aromatic N) is 1. The lowest BCUT2D eigenvalue weighted by Crippen LogP contribution is -2.33. The monoisotopic (exact) mass is 337 g/mol. The fourth-order valence-corrected chi connectivity index (χ4v) is 3.18. The van der Waals surface area contributed by atoms with Crippen LogP contribution in [0.1, 0.15) is 24.8 Å². The third-order valence-electron chi connectivity index (χ3n) is 4.13. The summed E-state index contributed by atoms with van der Waals surface area (Å²) in [4.78, 5) is 13.9. The summed E-state index contributed by atoms with van der Waals surface area (Å²) in [5, 5.41) is 10.7. The van der Waals surface area contributed by atoms with Gasteiger partial charge in [0.2, 0.25) is 0 Å². The Morgan fingerprint density at radius 1 is 1.35 bits per heavy atom. The van der Waals surface area contributed by atoms with E-state index in [1.165, 1.54) is 18.6 Å². The molecular weight excluding hydrogens is 318 g/mol. The first-order valence-electron chi connectivity index (χ1n) is 7.78. The maximum absolute atomic E-state index is 11.7. The molecule has 23 heavy (non-hydrogen) atoms. The lowest BCUT2D eigenvalue weighted by molar-refractivity contribution is -0.00255. The van der Waals surface area contributed by atoms with Gasteiger partial charge in [-0.05, 0) is 37.9 Å². The third-order valence-corrected chi connectivity index (χ3v) is 4.43. The van der Waals surface area contributed by atoms with Gasteiger partial charge in [0.15, 0.2) is 0 Å². The van der Waals surface area contributed by atoms with Gasteiger partial charge in [0, 0.05) is 37.2 Å². The van der Waals surface area contributed by atoms with E-state index < -0.39 is 5.63 Å². The maximum Gasteiger partial charge on any atom is 0.336 e. The van der Waals surface area contributed by atoms with Gasteiger partial charge in [0.25, 0.3) is 0 Å². The highest BCUT2D eigenvalue weighted by molar-refractivity contribution is 6.32. The van der Waals surface area contributed by atoms with Gasteiger partial charge in [0.1, 0.15) is 11.3 Å². The van der Waals surface area contributed by atoms with Crippen LogP contribution in [0, 0.1) is 0 Å². The summed E-state index contributed by atoms with van der Waals surface area (Å²) in [7, 11) is 2.00. The molecule has 5 nitrogen and oxygen atoms in total. The lowest BCUT2D eigenvalue weighted by atomic mass is 10.1. The summed E-state index contributed by atoms with van der Waals surface area (Å²) in [6, 6.07) is 4.50. The fraction of sp³-hybridized carbons (Fsp3) is 0.471. The number of hydrogen-bond donors (Lipinski definition) is 1. The molecule has 0 radical (unpaired) electrons. The topological polar surface area (TPSA) is 62.9 Å². The normalized spacial score (nSPS) is 18.7. The molecule has 0 amide bonds. The molecule has 1 aliphatic heterocycles. The second kappa shape index (κ2) is 6.91. The molecular formula is C17H20ClNO4. The zero-order valence-corrected chi connectivity index (χ0v) is 13.8. The molecule has 0 aliphatic carbocycles.